The van der Waals surface area contributed by atoms with Crippen molar-refractivity contribution < 1.29 is 23.8 Å². The molecule has 180 valence electrons. The van der Waals surface area contributed by atoms with Crippen molar-refractivity contribution in [3.05, 3.63) is 53.2 Å². The van der Waals surface area contributed by atoms with Crippen molar-refractivity contribution in [3.8, 4) is 11.5 Å². The highest BCUT2D eigenvalue weighted by molar-refractivity contribution is 6.08. The minimum atomic E-state index is -0.618. The summed E-state index contributed by atoms with van der Waals surface area (Å²) in [5, 5.41) is 6.75. The first-order valence-corrected chi connectivity index (χ1v) is 10.7. The Hall–Kier alpha value is -4.01. The van der Waals surface area contributed by atoms with Gasteiger partial charge in [0.15, 0.2) is 11.5 Å². The molecule has 0 saturated carbocycles. The molecule has 3 rings (SSSR count). The molecule has 1 aromatic heterocycles. The molecule has 2 aromatic carbocycles. The summed E-state index contributed by atoms with van der Waals surface area (Å²) in [6.07, 6.45) is 0.935. The van der Waals surface area contributed by atoms with Gasteiger partial charge >= 0.3 is 6.09 Å². The predicted octanol–water partition coefficient (Wildman–Crippen LogP) is 4.43. The van der Waals surface area contributed by atoms with Crippen LogP contribution in [-0.4, -0.2) is 36.8 Å². The van der Waals surface area contributed by atoms with Gasteiger partial charge in [0.25, 0.3) is 5.91 Å². The standard InChI is InChI=1S/C25H30N4O5/c1-14-15(12-28-24(31)34-25(2,3)4)8-7-9-18(14)29-22-16-10-20(32-5)21(33-6)11-19(16)27-13-17(22)23(26)30/h7-11,13H,12H2,1-6H3,(H2,26,30)(H,27,29)(H,28,31). The number of methoxy groups -OCH3 is 2. The number of primary amides is 1. The summed E-state index contributed by atoms with van der Waals surface area (Å²) in [5.74, 6) is 0.396. The van der Waals surface area contributed by atoms with Gasteiger partial charge in [0, 0.05) is 29.9 Å². The molecule has 0 fully saturated rings. The number of fused-ring (bicyclic) bond motifs is 1. The number of aromatic nitrogens is 1. The summed E-state index contributed by atoms with van der Waals surface area (Å²) in [6.45, 7) is 7.62. The third kappa shape index (κ3) is 5.48. The molecule has 1 heterocycles. The molecule has 0 atom stereocenters. The van der Waals surface area contributed by atoms with Crippen molar-refractivity contribution in [1.29, 1.82) is 0 Å². The van der Waals surface area contributed by atoms with Gasteiger partial charge in [-0.15, -0.1) is 0 Å². The molecule has 0 aliphatic carbocycles. The maximum atomic E-state index is 12.2. The van der Waals surface area contributed by atoms with E-state index in [0.717, 1.165) is 16.8 Å². The molecule has 3 aromatic rings. The largest absolute Gasteiger partial charge is 0.493 e. The van der Waals surface area contributed by atoms with Crippen LogP contribution in [-0.2, 0) is 11.3 Å². The third-order valence-electron chi connectivity index (χ3n) is 5.17. The molecule has 0 aliphatic heterocycles. The minimum Gasteiger partial charge on any atom is -0.493 e. The molecule has 0 radical (unpaired) electrons. The Morgan fingerprint density at radius 2 is 1.76 bits per heavy atom. The van der Waals surface area contributed by atoms with E-state index >= 15 is 0 Å². The van der Waals surface area contributed by atoms with Crippen LogP contribution in [0.5, 0.6) is 11.5 Å². The maximum Gasteiger partial charge on any atom is 0.407 e. The van der Waals surface area contributed by atoms with Gasteiger partial charge in [0.1, 0.15) is 5.60 Å². The predicted molar refractivity (Wildman–Crippen MR) is 131 cm³/mol. The molecular formula is C25H30N4O5. The lowest BCUT2D eigenvalue weighted by Crippen LogP contribution is -2.32. The Kier molecular flexibility index (Phi) is 7.14. The fourth-order valence-electron chi connectivity index (χ4n) is 3.47. The Bertz CT molecular complexity index is 1230. The number of hydrogen-bond acceptors (Lipinski definition) is 7. The molecule has 9 heteroatoms. The summed E-state index contributed by atoms with van der Waals surface area (Å²) in [7, 11) is 3.08. The van der Waals surface area contributed by atoms with Gasteiger partial charge < -0.3 is 30.6 Å². The van der Waals surface area contributed by atoms with Crippen LogP contribution >= 0.6 is 0 Å². The van der Waals surface area contributed by atoms with Crippen molar-refractivity contribution in [2.75, 3.05) is 19.5 Å². The summed E-state index contributed by atoms with van der Waals surface area (Å²) in [5.41, 5.74) is 8.92. The van der Waals surface area contributed by atoms with E-state index in [1.54, 1.807) is 19.2 Å². The highest BCUT2D eigenvalue weighted by atomic mass is 16.6. The Labute approximate surface area is 198 Å². The van der Waals surface area contributed by atoms with Crippen molar-refractivity contribution in [2.24, 2.45) is 5.73 Å². The van der Waals surface area contributed by atoms with Crippen LogP contribution in [0.2, 0.25) is 0 Å². The summed E-state index contributed by atoms with van der Waals surface area (Å²) >= 11 is 0. The van der Waals surface area contributed by atoms with Crippen LogP contribution in [0.4, 0.5) is 16.2 Å². The van der Waals surface area contributed by atoms with Crippen LogP contribution in [0, 0.1) is 6.92 Å². The van der Waals surface area contributed by atoms with E-state index in [2.05, 4.69) is 15.6 Å². The average Bonchev–Trinajstić information content (AvgIpc) is 2.77. The fourth-order valence-corrected chi connectivity index (χ4v) is 3.47. The van der Waals surface area contributed by atoms with Gasteiger partial charge in [-0.25, -0.2) is 4.79 Å². The second-order valence-electron chi connectivity index (χ2n) is 8.71. The van der Waals surface area contributed by atoms with Crippen molar-refractivity contribution in [1.82, 2.24) is 10.3 Å². The Morgan fingerprint density at radius 1 is 1.09 bits per heavy atom. The molecule has 0 saturated heterocycles. The molecule has 4 N–H and O–H groups in total. The molecule has 9 nitrogen and oxygen atoms in total. The normalized spacial score (nSPS) is 11.1. The molecule has 0 bridgehead atoms. The number of nitrogens with one attached hydrogen (secondary N) is 2. The number of benzene rings is 2. The fraction of sp³-hybridized carbons (Fsp3) is 0.320. The number of rotatable bonds is 7. The lowest BCUT2D eigenvalue weighted by atomic mass is 10.0. The molecule has 2 amide bonds. The zero-order valence-electron chi connectivity index (χ0n) is 20.2. The number of amides is 2. The molecule has 34 heavy (non-hydrogen) atoms. The van der Waals surface area contributed by atoms with Gasteiger partial charge in [-0.3, -0.25) is 9.78 Å². The molecule has 0 unspecified atom stereocenters. The van der Waals surface area contributed by atoms with E-state index in [4.69, 9.17) is 19.9 Å². The average molecular weight is 467 g/mol. The number of nitrogens with zero attached hydrogens (tertiary/aromatic N) is 1. The van der Waals surface area contributed by atoms with Crippen LogP contribution in [0.1, 0.15) is 42.3 Å². The van der Waals surface area contributed by atoms with Gasteiger partial charge in [-0.1, -0.05) is 12.1 Å². The highest BCUT2D eigenvalue weighted by Gasteiger charge is 2.19. The minimum absolute atomic E-state index is 0.233. The number of anilines is 2. The van der Waals surface area contributed by atoms with E-state index in [0.29, 0.717) is 28.1 Å². The topological polar surface area (TPSA) is 125 Å². The van der Waals surface area contributed by atoms with Crippen molar-refractivity contribution >= 4 is 34.3 Å². The first-order valence-electron chi connectivity index (χ1n) is 10.7. The van der Waals surface area contributed by atoms with Gasteiger partial charge in [-0.2, -0.15) is 0 Å². The van der Waals surface area contributed by atoms with Crippen LogP contribution < -0.4 is 25.8 Å². The number of alkyl carbamates (subject to hydrolysis) is 1. The van der Waals surface area contributed by atoms with Crippen molar-refractivity contribution in [3.63, 3.8) is 0 Å². The summed E-state index contributed by atoms with van der Waals surface area (Å²) < 4.78 is 16.1. The van der Waals surface area contributed by atoms with E-state index in [9.17, 15) is 9.59 Å². The van der Waals surface area contributed by atoms with Gasteiger partial charge in [-0.05, 0) is 51.0 Å². The van der Waals surface area contributed by atoms with E-state index in [-0.39, 0.29) is 12.1 Å². The van der Waals surface area contributed by atoms with Gasteiger partial charge in [0.05, 0.1) is 31.0 Å². The van der Waals surface area contributed by atoms with Crippen molar-refractivity contribution in [2.45, 2.75) is 39.8 Å². The lowest BCUT2D eigenvalue weighted by molar-refractivity contribution is 0.0523. The van der Waals surface area contributed by atoms with Crippen LogP contribution in [0.15, 0.2) is 36.5 Å². The maximum absolute atomic E-state index is 12.2. The number of pyridine rings is 1. The monoisotopic (exact) mass is 466 g/mol. The Balaban J connectivity index is 2.00. The smallest absolute Gasteiger partial charge is 0.407 e. The molecular weight excluding hydrogens is 436 g/mol. The molecule has 0 aliphatic rings. The van der Waals surface area contributed by atoms with Crippen LogP contribution in [0.3, 0.4) is 0 Å². The van der Waals surface area contributed by atoms with Crippen LogP contribution in [0.25, 0.3) is 10.9 Å². The highest BCUT2D eigenvalue weighted by Crippen LogP contribution is 2.37. The lowest BCUT2D eigenvalue weighted by Gasteiger charge is -2.20. The molecule has 0 spiro atoms. The Morgan fingerprint density at radius 3 is 2.38 bits per heavy atom. The number of nitrogens with two attached hydrogens (primary N) is 1. The first kappa shape index (κ1) is 24.6. The van der Waals surface area contributed by atoms with E-state index in [1.807, 2.05) is 45.9 Å². The van der Waals surface area contributed by atoms with E-state index in [1.165, 1.54) is 13.3 Å². The quantitative estimate of drug-likeness (QED) is 0.470. The summed E-state index contributed by atoms with van der Waals surface area (Å²) in [6, 6.07) is 9.13. The first-order chi connectivity index (χ1) is 16.0. The second kappa shape index (κ2) is 9.86. The van der Waals surface area contributed by atoms with Gasteiger partial charge in [0.2, 0.25) is 0 Å². The number of hydrogen-bond donors (Lipinski definition) is 3. The zero-order valence-corrected chi connectivity index (χ0v) is 20.2. The van der Waals surface area contributed by atoms with E-state index < -0.39 is 17.6 Å². The second-order valence-corrected chi connectivity index (χ2v) is 8.71. The SMILES string of the molecule is COc1cc2ncc(C(N)=O)c(Nc3cccc(CNC(=O)OC(C)(C)C)c3C)c2cc1OC. The number of ether oxygens (including phenoxy) is 3. The third-order valence-corrected chi connectivity index (χ3v) is 5.17. The number of carbonyl (C=O) groups excluding carboxylic acids is 2. The zero-order chi connectivity index (χ0) is 25.0. The summed E-state index contributed by atoms with van der Waals surface area (Å²) in [4.78, 5) is 28.6. The number of carbonyl (C=O) groups is 2.